The maximum atomic E-state index is 12.6. The second-order valence-corrected chi connectivity index (χ2v) is 10.2. The first-order chi connectivity index (χ1) is 12.5. The lowest BCUT2D eigenvalue weighted by Crippen LogP contribution is -2.46. The van der Waals surface area contributed by atoms with Crippen molar-refractivity contribution < 1.29 is 4.79 Å². The molecule has 1 aliphatic carbocycles. The van der Waals surface area contributed by atoms with Gasteiger partial charge in [-0.05, 0) is 49.5 Å². The van der Waals surface area contributed by atoms with Gasteiger partial charge in [-0.25, -0.2) is 4.68 Å². The number of benzene rings is 1. The molecule has 0 radical (unpaired) electrons. The summed E-state index contributed by atoms with van der Waals surface area (Å²) in [6.45, 7) is 6.47. The Labute approximate surface area is 168 Å². The van der Waals surface area contributed by atoms with Gasteiger partial charge in [0.2, 0.25) is 5.91 Å². The molecule has 2 aromatic rings. The molecule has 1 heterocycles. The third kappa shape index (κ3) is 4.56. The van der Waals surface area contributed by atoms with Crippen LogP contribution in [0.15, 0.2) is 34.7 Å². The number of para-hydroxylation sites is 1. The molecule has 1 aliphatic rings. The van der Waals surface area contributed by atoms with E-state index in [2.05, 4.69) is 24.3 Å². The fraction of sp³-hybridized carbons (Fsp3) is 0.526. The molecule has 3 rings (SSSR count). The van der Waals surface area contributed by atoms with Crippen LogP contribution >= 0.6 is 35.3 Å². The van der Waals surface area contributed by atoms with Crippen LogP contribution in [-0.4, -0.2) is 27.0 Å². The SMILES string of the molecule is C[C@@H]1[C@@H](C)CCC[C@H]1NC(=O)[C@@H](C)Sc1nn(-c2ccccc2)c(=S)s1. The predicted molar refractivity (Wildman–Crippen MR) is 112 cm³/mol. The second kappa shape index (κ2) is 8.67. The Morgan fingerprint density at radius 3 is 2.81 bits per heavy atom. The number of thioether (sulfide) groups is 1. The van der Waals surface area contributed by atoms with Crippen molar-refractivity contribution in [3.63, 3.8) is 0 Å². The van der Waals surface area contributed by atoms with E-state index in [0.29, 0.717) is 15.8 Å². The number of hydrogen-bond acceptors (Lipinski definition) is 5. The molecule has 0 aliphatic heterocycles. The van der Waals surface area contributed by atoms with E-state index >= 15 is 0 Å². The fourth-order valence-corrected chi connectivity index (χ4v) is 5.85. The minimum absolute atomic E-state index is 0.0910. The maximum Gasteiger partial charge on any atom is 0.233 e. The van der Waals surface area contributed by atoms with Crippen LogP contribution in [-0.2, 0) is 4.79 Å². The van der Waals surface area contributed by atoms with Gasteiger partial charge in [0, 0.05) is 6.04 Å². The minimum Gasteiger partial charge on any atom is -0.352 e. The highest BCUT2D eigenvalue weighted by atomic mass is 32.2. The number of nitrogens with one attached hydrogen (secondary N) is 1. The van der Waals surface area contributed by atoms with E-state index in [-0.39, 0.29) is 17.2 Å². The molecule has 26 heavy (non-hydrogen) atoms. The normalized spacial score (nSPS) is 24.2. The first kappa shape index (κ1) is 19.6. The first-order valence-corrected chi connectivity index (χ1v) is 11.2. The van der Waals surface area contributed by atoms with Crippen LogP contribution < -0.4 is 5.32 Å². The van der Waals surface area contributed by atoms with E-state index in [1.807, 2.05) is 37.3 Å². The topological polar surface area (TPSA) is 46.9 Å². The largest absolute Gasteiger partial charge is 0.352 e. The Kier molecular flexibility index (Phi) is 6.53. The Morgan fingerprint density at radius 2 is 2.08 bits per heavy atom. The van der Waals surface area contributed by atoms with Gasteiger partial charge in [0.15, 0.2) is 8.29 Å². The molecule has 0 spiro atoms. The zero-order valence-corrected chi connectivity index (χ0v) is 17.8. The molecule has 0 unspecified atom stereocenters. The Morgan fingerprint density at radius 1 is 1.35 bits per heavy atom. The van der Waals surface area contributed by atoms with Gasteiger partial charge in [-0.2, -0.15) is 0 Å². The van der Waals surface area contributed by atoms with Crippen molar-refractivity contribution in [3.05, 3.63) is 34.3 Å². The molecule has 4 nitrogen and oxygen atoms in total. The maximum absolute atomic E-state index is 12.6. The van der Waals surface area contributed by atoms with Crippen LogP contribution in [0.5, 0.6) is 0 Å². The molecule has 1 N–H and O–H groups in total. The summed E-state index contributed by atoms with van der Waals surface area (Å²) in [7, 11) is 0. The highest BCUT2D eigenvalue weighted by Crippen LogP contribution is 2.31. The van der Waals surface area contributed by atoms with Gasteiger partial charge < -0.3 is 5.32 Å². The van der Waals surface area contributed by atoms with Crippen LogP contribution in [0.4, 0.5) is 0 Å². The zero-order chi connectivity index (χ0) is 18.7. The lowest BCUT2D eigenvalue weighted by atomic mass is 9.78. The molecular weight excluding hydrogens is 382 g/mol. The Hall–Kier alpha value is -1.18. The zero-order valence-electron chi connectivity index (χ0n) is 15.3. The third-order valence-electron chi connectivity index (χ3n) is 5.21. The van der Waals surface area contributed by atoms with Crippen LogP contribution in [0, 0.1) is 15.8 Å². The summed E-state index contributed by atoms with van der Waals surface area (Å²) in [6.07, 6.45) is 3.54. The number of carbonyl (C=O) groups is 1. The van der Waals surface area contributed by atoms with Crippen LogP contribution in [0.25, 0.3) is 5.69 Å². The average molecular weight is 408 g/mol. The summed E-state index contributed by atoms with van der Waals surface area (Å²) in [4.78, 5) is 12.6. The molecule has 1 fully saturated rings. The second-order valence-electron chi connectivity index (χ2n) is 7.02. The molecule has 1 aromatic carbocycles. The Bertz CT molecular complexity index is 802. The van der Waals surface area contributed by atoms with E-state index in [1.165, 1.54) is 35.9 Å². The number of aromatic nitrogens is 2. The van der Waals surface area contributed by atoms with Gasteiger partial charge in [-0.3, -0.25) is 4.79 Å². The number of nitrogens with zero attached hydrogens (tertiary/aromatic N) is 2. The van der Waals surface area contributed by atoms with Gasteiger partial charge in [0.1, 0.15) is 0 Å². The molecule has 1 aromatic heterocycles. The summed E-state index contributed by atoms with van der Waals surface area (Å²) in [5.41, 5.74) is 0.947. The van der Waals surface area contributed by atoms with Gasteiger partial charge in [-0.15, -0.1) is 5.10 Å². The van der Waals surface area contributed by atoms with E-state index in [1.54, 1.807) is 4.68 Å². The monoisotopic (exact) mass is 407 g/mol. The molecule has 1 amide bonds. The van der Waals surface area contributed by atoms with Crippen molar-refractivity contribution in [2.75, 3.05) is 0 Å². The molecule has 1 saturated carbocycles. The van der Waals surface area contributed by atoms with Gasteiger partial charge >= 0.3 is 0 Å². The van der Waals surface area contributed by atoms with Crippen molar-refractivity contribution in [2.24, 2.45) is 11.8 Å². The standard InChI is InChI=1S/C19H25N3OS3/c1-12-8-7-11-16(13(12)2)20-17(23)14(3)25-18-21-22(19(24)26-18)15-9-5-4-6-10-15/h4-6,9-10,12-14,16H,7-8,11H2,1-3H3,(H,20,23)/t12-,13+,14+,16+/m0/s1. The van der Waals surface area contributed by atoms with Crippen LogP contribution in [0.1, 0.15) is 40.0 Å². The molecule has 0 bridgehead atoms. The summed E-state index contributed by atoms with van der Waals surface area (Å²) in [5, 5.41) is 7.66. The van der Waals surface area contributed by atoms with Gasteiger partial charge in [0.05, 0.1) is 10.9 Å². The lowest BCUT2D eigenvalue weighted by molar-refractivity contribution is -0.121. The number of rotatable bonds is 5. The Balaban J connectivity index is 1.64. The molecule has 4 atom stereocenters. The highest BCUT2D eigenvalue weighted by molar-refractivity contribution is 8.02. The predicted octanol–water partition coefficient (Wildman–Crippen LogP) is 5.08. The fourth-order valence-electron chi connectivity index (χ4n) is 3.33. The van der Waals surface area contributed by atoms with Crippen molar-refractivity contribution in [1.29, 1.82) is 0 Å². The van der Waals surface area contributed by atoms with Crippen molar-refractivity contribution >= 4 is 41.2 Å². The third-order valence-corrected chi connectivity index (χ3v) is 7.63. The minimum atomic E-state index is -0.191. The van der Waals surface area contributed by atoms with Gasteiger partial charge in [0.25, 0.3) is 0 Å². The van der Waals surface area contributed by atoms with E-state index in [4.69, 9.17) is 12.2 Å². The van der Waals surface area contributed by atoms with Crippen molar-refractivity contribution in [1.82, 2.24) is 15.1 Å². The first-order valence-electron chi connectivity index (χ1n) is 9.08. The van der Waals surface area contributed by atoms with E-state index < -0.39 is 0 Å². The summed E-state index contributed by atoms with van der Waals surface area (Å²) in [6, 6.07) is 10.1. The summed E-state index contributed by atoms with van der Waals surface area (Å²) in [5.74, 6) is 1.29. The van der Waals surface area contributed by atoms with Crippen molar-refractivity contribution in [3.8, 4) is 5.69 Å². The smallest absolute Gasteiger partial charge is 0.233 e. The van der Waals surface area contributed by atoms with Gasteiger partial charge in [-0.1, -0.05) is 68.0 Å². The van der Waals surface area contributed by atoms with Crippen molar-refractivity contribution in [2.45, 2.75) is 55.7 Å². The summed E-state index contributed by atoms with van der Waals surface area (Å²) < 4.78 is 3.28. The molecular formula is C19H25N3OS3. The molecule has 0 saturated heterocycles. The van der Waals surface area contributed by atoms with Crippen LogP contribution in [0.2, 0.25) is 0 Å². The number of amides is 1. The van der Waals surface area contributed by atoms with E-state index in [0.717, 1.165) is 16.4 Å². The lowest BCUT2D eigenvalue weighted by Gasteiger charge is -2.35. The average Bonchev–Trinajstić information content (AvgIpc) is 2.99. The summed E-state index contributed by atoms with van der Waals surface area (Å²) >= 11 is 8.37. The highest BCUT2D eigenvalue weighted by Gasteiger charge is 2.29. The van der Waals surface area contributed by atoms with E-state index in [9.17, 15) is 4.79 Å². The molecule has 7 heteroatoms. The number of hydrogen-bond donors (Lipinski definition) is 1. The molecule has 140 valence electrons. The van der Waals surface area contributed by atoms with Crippen LogP contribution in [0.3, 0.4) is 0 Å². The number of carbonyl (C=O) groups excluding carboxylic acids is 1. The quantitative estimate of drug-likeness (QED) is 0.554.